The van der Waals surface area contributed by atoms with Gasteiger partial charge in [-0.1, -0.05) is 0 Å². The number of hydrogen-bond donors (Lipinski definition) is 0. The minimum absolute atomic E-state index is 0.173. The molecule has 0 saturated carbocycles. The Labute approximate surface area is 97.0 Å². The van der Waals surface area contributed by atoms with Gasteiger partial charge in [0.2, 0.25) is 0 Å². The van der Waals surface area contributed by atoms with Crippen molar-refractivity contribution in [2.24, 2.45) is 4.99 Å². The minimum Gasteiger partial charge on any atom is -0.463 e. The molecule has 0 fully saturated rings. The molecule has 0 unspecified atom stereocenters. The lowest BCUT2D eigenvalue weighted by Crippen LogP contribution is -2.23. The van der Waals surface area contributed by atoms with E-state index >= 15 is 0 Å². The molecule has 0 aromatic carbocycles. The number of nitrogens with zero attached hydrogens (tertiary/aromatic N) is 2. The lowest BCUT2D eigenvalue weighted by Gasteiger charge is -2.25. The highest BCUT2D eigenvalue weighted by atomic mass is 16.5. The van der Waals surface area contributed by atoms with Crippen LogP contribution in [0, 0.1) is 0 Å². The highest BCUT2D eigenvalue weighted by Gasteiger charge is 2.21. The summed E-state index contributed by atoms with van der Waals surface area (Å²) in [5.41, 5.74) is 1.87. The van der Waals surface area contributed by atoms with Gasteiger partial charge in [0.05, 0.1) is 18.5 Å². The zero-order valence-corrected chi connectivity index (χ0v) is 10.3. The highest BCUT2D eigenvalue weighted by Crippen LogP contribution is 2.26. The molecule has 0 N–H and O–H groups in total. The monoisotopic (exact) mass is 224 g/mol. The van der Waals surface area contributed by atoms with Crippen LogP contribution in [0.3, 0.4) is 0 Å². The summed E-state index contributed by atoms with van der Waals surface area (Å²) in [6.45, 7) is 2.26. The van der Waals surface area contributed by atoms with Gasteiger partial charge in [0.25, 0.3) is 0 Å². The van der Waals surface area contributed by atoms with E-state index in [0.29, 0.717) is 6.61 Å². The number of carbonyl (C=O) groups is 1. The molecule has 1 aliphatic carbocycles. The zero-order valence-electron chi connectivity index (χ0n) is 10.3. The summed E-state index contributed by atoms with van der Waals surface area (Å²) in [6, 6.07) is 0. The summed E-state index contributed by atoms with van der Waals surface area (Å²) < 4.78 is 5.07. The first-order valence-corrected chi connectivity index (χ1v) is 5.75. The van der Waals surface area contributed by atoms with Gasteiger partial charge in [0, 0.05) is 19.8 Å². The first-order chi connectivity index (χ1) is 7.70. The molecular formula is C12H20N2O2. The topological polar surface area (TPSA) is 41.9 Å². The van der Waals surface area contributed by atoms with E-state index < -0.39 is 0 Å². The van der Waals surface area contributed by atoms with Gasteiger partial charge in [-0.3, -0.25) is 4.99 Å². The predicted molar refractivity (Wildman–Crippen MR) is 64.3 cm³/mol. The lowest BCUT2D eigenvalue weighted by atomic mass is 9.95. The fourth-order valence-corrected chi connectivity index (χ4v) is 1.96. The van der Waals surface area contributed by atoms with E-state index in [1.807, 2.05) is 18.9 Å². The Balaban J connectivity index is 2.90. The van der Waals surface area contributed by atoms with Crippen LogP contribution in [0.4, 0.5) is 0 Å². The van der Waals surface area contributed by atoms with Crippen molar-refractivity contribution in [2.75, 3.05) is 20.7 Å². The molecule has 90 valence electrons. The standard InChI is InChI=1S/C12H20N2O2/c1-4-16-12(15)10-7-5-6-8-11(10)14(3)9-13-2/h9H,4-8H2,1-3H3. The van der Waals surface area contributed by atoms with Crippen LogP contribution in [-0.4, -0.2) is 37.9 Å². The number of carbonyl (C=O) groups excluding carboxylic acids is 1. The molecule has 0 aromatic heterocycles. The summed E-state index contributed by atoms with van der Waals surface area (Å²) in [4.78, 5) is 17.7. The van der Waals surface area contributed by atoms with Gasteiger partial charge in [-0.05, 0) is 32.6 Å². The van der Waals surface area contributed by atoms with E-state index in [1.54, 1.807) is 13.4 Å². The quantitative estimate of drug-likeness (QED) is 0.416. The molecule has 0 spiro atoms. The third-order valence-electron chi connectivity index (χ3n) is 2.67. The average molecular weight is 224 g/mol. The van der Waals surface area contributed by atoms with Crippen molar-refractivity contribution in [2.45, 2.75) is 32.6 Å². The van der Waals surface area contributed by atoms with Crippen molar-refractivity contribution < 1.29 is 9.53 Å². The van der Waals surface area contributed by atoms with E-state index in [0.717, 1.165) is 37.0 Å². The Bertz CT molecular complexity index is 308. The van der Waals surface area contributed by atoms with Crippen LogP contribution >= 0.6 is 0 Å². The molecule has 4 nitrogen and oxygen atoms in total. The Hall–Kier alpha value is -1.32. The van der Waals surface area contributed by atoms with Crippen LogP contribution < -0.4 is 0 Å². The SMILES string of the molecule is CCOC(=O)C1=C(N(C)C=NC)CCCC1. The number of hydrogen-bond acceptors (Lipinski definition) is 3. The van der Waals surface area contributed by atoms with Crippen molar-refractivity contribution in [3.05, 3.63) is 11.3 Å². The fourth-order valence-electron chi connectivity index (χ4n) is 1.96. The Morgan fingerprint density at radius 2 is 2.19 bits per heavy atom. The van der Waals surface area contributed by atoms with Gasteiger partial charge >= 0.3 is 5.97 Å². The van der Waals surface area contributed by atoms with E-state index in [9.17, 15) is 4.79 Å². The molecule has 0 atom stereocenters. The van der Waals surface area contributed by atoms with Crippen molar-refractivity contribution in [1.29, 1.82) is 0 Å². The molecule has 0 radical (unpaired) electrons. The highest BCUT2D eigenvalue weighted by molar-refractivity contribution is 5.90. The molecule has 0 heterocycles. The molecule has 0 aliphatic heterocycles. The zero-order chi connectivity index (χ0) is 12.0. The van der Waals surface area contributed by atoms with Crippen molar-refractivity contribution in [3.8, 4) is 0 Å². The number of esters is 1. The first kappa shape index (κ1) is 12.7. The molecule has 0 bridgehead atoms. The van der Waals surface area contributed by atoms with Crippen molar-refractivity contribution >= 4 is 12.3 Å². The maximum atomic E-state index is 11.8. The van der Waals surface area contributed by atoms with Crippen molar-refractivity contribution in [3.63, 3.8) is 0 Å². The number of allylic oxidation sites excluding steroid dienone is 1. The van der Waals surface area contributed by atoms with Gasteiger partial charge in [-0.15, -0.1) is 0 Å². The van der Waals surface area contributed by atoms with Crippen LogP contribution in [0.25, 0.3) is 0 Å². The molecule has 0 amide bonds. The lowest BCUT2D eigenvalue weighted by molar-refractivity contribution is -0.138. The number of aliphatic imine (C=N–C) groups is 1. The molecule has 0 saturated heterocycles. The van der Waals surface area contributed by atoms with Crippen LogP contribution in [0.2, 0.25) is 0 Å². The first-order valence-electron chi connectivity index (χ1n) is 5.75. The summed E-state index contributed by atoms with van der Waals surface area (Å²) in [5, 5.41) is 0. The third kappa shape index (κ3) is 3.08. The molecule has 1 rings (SSSR count). The summed E-state index contributed by atoms with van der Waals surface area (Å²) in [7, 11) is 3.65. The molecular weight excluding hydrogens is 204 g/mol. The maximum Gasteiger partial charge on any atom is 0.335 e. The van der Waals surface area contributed by atoms with Crippen LogP contribution in [-0.2, 0) is 9.53 Å². The van der Waals surface area contributed by atoms with E-state index in [2.05, 4.69) is 4.99 Å². The molecule has 1 aliphatic rings. The van der Waals surface area contributed by atoms with E-state index in [1.165, 1.54) is 0 Å². The second-order valence-corrected chi connectivity index (χ2v) is 3.84. The molecule has 4 heteroatoms. The summed E-state index contributed by atoms with van der Waals surface area (Å²) in [6.07, 6.45) is 5.67. The van der Waals surface area contributed by atoms with Gasteiger partial charge in [0.15, 0.2) is 0 Å². The predicted octanol–water partition coefficient (Wildman–Crippen LogP) is 1.97. The maximum absolute atomic E-state index is 11.8. The van der Waals surface area contributed by atoms with Crippen molar-refractivity contribution in [1.82, 2.24) is 4.90 Å². The van der Waals surface area contributed by atoms with E-state index in [4.69, 9.17) is 4.74 Å². The van der Waals surface area contributed by atoms with Gasteiger partial charge in [0.1, 0.15) is 0 Å². The van der Waals surface area contributed by atoms with Crippen LogP contribution in [0.1, 0.15) is 32.6 Å². The van der Waals surface area contributed by atoms with E-state index in [-0.39, 0.29) is 5.97 Å². The smallest absolute Gasteiger partial charge is 0.335 e. The third-order valence-corrected chi connectivity index (χ3v) is 2.67. The second kappa shape index (κ2) is 6.30. The summed E-state index contributed by atoms with van der Waals surface area (Å²) in [5.74, 6) is -0.173. The molecule has 0 aromatic rings. The van der Waals surface area contributed by atoms with Gasteiger partial charge in [-0.2, -0.15) is 0 Å². The summed E-state index contributed by atoms with van der Waals surface area (Å²) >= 11 is 0. The Morgan fingerprint density at radius 3 is 2.81 bits per heavy atom. The number of rotatable bonds is 4. The largest absolute Gasteiger partial charge is 0.463 e. The van der Waals surface area contributed by atoms with Gasteiger partial charge in [-0.25, -0.2) is 4.79 Å². The Kier molecular flexibility index (Phi) is 5.02. The number of ether oxygens (including phenoxy) is 1. The second-order valence-electron chi connectivity index (χ2n) is 3.84. The average Bonchev–Trinajstić information content (AvgIpc) is 2.30. The molecule has 16 heavy (non-hydrogen) atoms. The normalized spacial score (nSPS) is 16.7. The van der Waals surface area contributed by atoms with Gasteiger partial charge < -0.3 is 9.64 Å². The van der Waals surface area contributed by atoms with Crippen LogP contribution in [0.5, 0.6) is 0 Å². The Morgan fingerprint density at radius 1 is 1.50 bits per heavy atom. The minimum atomic E-state index is -0.173. The van der Waals surface area contributed by atoms with Crippen LogP contribution in [0.15, 0.2) is 16.3 Å². The fraction of sp³-hybridized carbons (Fsp3) is 0.667.